The van der Waals surface area contributed by atoms with E-state index in [1.54, 1.807) is 0 Å². The van der Waals surface area contributed by atoms with Gasteiger partial charge in [0.15, 0.2) is 9.84 Å². The number of aryl methyl sites for hydroxylation is 2. The minimum atomic E-state index is -3.19. The molecule has 2 aliphatic rings. The monoisotopic (exact) mass is 508 g/mol. The van der Waals surface area contributed by atoms with Crippen LogP contribution in [-0.2, 0) is 25.9 Å². The van der Waals surface area contributed by atoms with E-state index in [1.165, 1.54) is 5.56 Å². The summed E-state index contributed by atoms with van der Waals surface area (Å²) in [4.78, 5) is 15.7. The van der Waals surface area contributed by atoms with Gasteiger partial charge in [-0.3, -0.25) is 4.90 Å². The van der Waals surface area contributed by atoms with Crippen LogP contribution in [0, 0.1) is 13.8 Å². The molecule has 0 bridgehead atoms. The lowest BCUT2D eigenvalue weighted by Crippen LogP contribution is -2.33. The van der Waals surface area contributed by atoms with Gasteiger partial charge in [-0.05, 0) is 68.5 Å². The van der Waals surface area contributed by atoms with Crippen molar-refractivity contribution in [1.82, 2.24) is 10.2 Å². The van der Waals surface area contributed by atoms with Crippen LogP contribution in [0.25, 0.3) is 0 Å². The van der Waals surface area contributed by atoms with Gasteiger partial charge in [0.2, 0.25) is 0 Å². The van der Waals surface area contributed by atoms with Gasteiger partial charge in [0.05, 0.1) is 17.1 Å². The van der Waals surface area contributed by atoms with Crippen LogP contribution in [0.2, 0.25) is 0 Å². The van der Waals surface area contributed by atoms with Gasteiger partial charge in [-0.2, -0.15) is 0 Å². The highest BCUT2D eigenvalue weighted by Gasteiger charge is 2.38. The topological polar surface area (TPSA) is 75.7 Å². The van der Waals surface area contributed by atoms with Crippen molar-refractivity contribution in [3.8, 4) is 0 Å². The van der Waals surface area contributed by atoms with Gasteiger partial charge in [-0.1, -0.05) is 48.5 Å². The van der Waals surface area contributed by atoms with Gasteiger partial charge in [-0.25, -0.2) is 13.2 Å². The molecule has 1 N–H and O–H groups in total. The highest BCUT2D eigenvalue weighted by Crippen LogP contribution is 2.44. The molecule has 2 aliphatic heterocycles. The summed E-state index contributed by atoms with van der Waals surface area (Å²) in [5, 5.41) is 3.28. The zero-order valence-corrected chi connectivity index (χ0v) is 22.5. The van der Waals surface area contributed by atoms with E-state index in [4.69, 9.17) is 4.74 Å². The molecule has 2 aromatic rings. The first-order chi connectivity index (χ1) is 17.2. The van der Waals surface area contributed by atoms with Crippen molar-refractivity contribution in [2.75, 3.05) is 31.7 Å². The molecule has 0 aliphatic carbocycles. The fourth-order valence-electron chi connectivity index (χ4n) is 5.36. The van der Waals surface area contributed by atoms with Gasteiger partial charge in [0.25, 0.3) is 0 Å². The van der Waals surface area contributed by atoms with E-state index in [0.717, 1.165) is 34.5 Å². The molecule has 4 rings (SSSR count). The summed E-state index contributed by atoms with van der Waals surface area (Å²) in [7, 11) is -1.18. The second kappa shape index (κ2) is 11.0. The molecule has 0 radical (unpaired) electrons. The average Bonchev–Trinajstić information content (AvgIpc) is 2.96. The number of nitrogens with one attached hydrogen (secondary N) is 1. The Morgan fingerprint density at radius 2 is 1.75 bits per heavy atom. The molecule has 0 saturated heterocycles. The Labute approximate surface area is 215 Å². The zero-order chi connectivity index (χ0) is 25.9. The van der Waals surface area contributed by atoms with E-state index in [-0.39, 0.29) is 30.0 Å². The van der Waals surface area contributed by atoms with E-state index >= 15 is 0 Å². The van der Waals surface area contributed by atoms with Crippen molar-refractivity contribution in [3.05, 3.63) is 93.3 Å². The second-order valence-electron chi connectivity index (χ2n) is 9.96. The fourth-order valence-corrected chi connectivity index (χ4v) is 6.78. The Bertz CT molecular complexity index is 1280. The molecule has 192 valence electrons. The smallest absolute Gasteiger partial charge is 0.336 e. The minimum Gasteiger partial charge on any atom is -0.461 e. The molecule has 0 unspecified atom stereocenters. The third-order valence-electron chi connectivity index (χ3n) is 7.09. The molecule has 7 heteroatoms. The molecule has 0 amide bonds. The number of hydrogen-bond donors (Lipinski definition) is 1. The number of benzene rings is 2. The summed E-state index contributed by atoms with van der Waals surface area (Å²) < 4.78 is 31.0. The van der Waals surface area contributed by atoms with Crippen LogP contribution in [0.4, 0.5) is 0 Å². The van der Waals surface area contributed by atoms with E-state index in [2.05, 4.69) is 48.3 Å². The van der Waals surface area contributed by atoms with Crippen molar-refractivity contribution >= 4 is 15.8 Å². The predicted octanol–water partition coefficient (Wildman–Crippen LogP) is 4.40. The highest BCUT2D eigenvalue weighted by molar-refractivity contribution is 7.91. The zero-order valence-electron chi connectivity index (χ0n) is 21.6. The quantitative estimate of drug-likeness (QED) is 0.559. The van der Waals surface area contributed by atoms with E-state index < -0.39 is 9.84 Å². The van der Waals surface area contributed by atoms with Crippen LogP contribution in [0.1, 0.15) is 47.9 Å². The first-order valence-electron chi connectivity index (χ1n) is 12.5. The van der Waals surface area contributed by atoms with Crippen molar-refractivity contribution in [1.29, 1.82) is 0 Å². The summed E-state index contributed by atoms with van der Waals surface area (Å²) in [5.74, 6) is -0.522. The largest absolute Gasteiger partial charge is 0.461 e. The molecule has 0 fully saturated rings. The summed E-state index contributed by atoms with van der Waals surface area (Å²) in [6.45, 7) is 7.61. The number of dihydropyridines is 1. The number of carbonyl (C=O) groups excluding carboxylic acids is 1. The van der Waals surface area contributed by atoms with Gasteiger partial charge in [0, 0.05) is 30.4 Å². The molecule has 2 aromatic carbocycles. The summed E-state index contributed by atoms with van der Waals surface area (Å²) >= 11 is 0. The third kappa shape index (κ3) is 5.90. The maximum absolute atomic E-state index is 13.6. The van der Waals surface area contributed by atoms with Crippen molar-refractivity contribution < 1.29 is 17.9 Å². The second-order valence-corrected chi connectivity index (χ2v) is 12.1. The Morgan fingerprint density at radius 3 is 2.44 bits per heavy atom. The SMILES string of the molecule is CC1=C(C(=O)OCCN(C)Cc2ccccc2)[C@H](c2c(C)cccc2C)C2=C(CS(=O)(=O)CCC2)N1. The van der Waals surface area contributed by atoms with Gasteiger partial charge in [0.1, 0.15) is 6.61 Å². The van der Waals surface area contributed by atoms with Crippen LogP contribution >= 0.6 is 0 Å². The van der Waals surface area contributed by atoms with Crippen LogP contribution in [0.5, 0.6) is 0 Å². The predicted molar refractivity (Wildman–Crippen MR) is 143 cm³/mol. The molecule has 0 spiro atoms. The fraction of sp³-hybridized carbons (Fsp3) is 0.414. The first kappa shape index (κ1) is 26.2. The molecular formula is C29H36N2O4S. The number of nitrogens with zero attached hydrogens (tertiary/aromatic N) is 1. The lowest BCUT2D eigenvalue weighted by atomic mass is 9.76. The lowest BCUT2D eigenvalue weighted by Gasteiger charge is -2.33. The lowest BCUT2D eigenvalue weighted by molar-refractivity contribution is -0.139. The van der Waals surface area contributed by atoms with Crippen molar-refractivity contribution in [2.24, 2.45) is 0 Å². The summed E-state index contributed by atoms with van der Waals surface area (Å²) in [5.41, 5.74) is 7.40. The first-order valence-corrected chi connectivity index (χ1v) is 14.3. The van der Waals surface area contributed by atoms with E-state index in [9.17, 15) is 13.2 Å². The van der Waals surface area contributed by atoms with Gasteiger partial charge < -0.3 is 10.1 Å². The maximum Gasteiger partial charge on any atom is 0.336 e. The van der Waals surface area contributed by atoms with E-state index in [0.29, 0.717) is 30.7 Å². The number of rotatable bonds is 7. The number of hydrogen-bond acceptors (Lipinski definition) is 6. The molecule has 36 heavy (non-hydrogen) atoms. The minimum absolute atomic E-state index is 0.0201. The van der Waals surface area contributed by atoms with Crippen LogP contribution in [-0.4, -0.2) is 51.0 Å². The third-order valence-corrected chi connectivity index (χ3v) is 8.72. The number of allylic oxidation sites excluding steroid dienone is 2. The summed E-state index contributed by atoms with van der Waals surface area (Å²) in [6.07, 6.45) is 1.18. The van der Waals surface area contributed by atoms with E-state index in [1.807, 2.05) is 38.2 Å². The number of esters is 1. The number of likely N-dealkylation sites (N-methyl/N-ethyl adjacent to an activating group) is 1. The van der Waals surface area contributed by atoms with Crippen LogP contribution in [0.3, 0.4) is 0 Å². The molecule has 0 saturated carbocycles. The number of ether oxygens (including phenoxy) is 1. The van der Waals surface area contributed by atoms with Crippen molar-refractivity contribution in [3.63, 3.8) is 0 Å². The standard InChI is InChI=1S/C29H36N2O4S/c1-20-10-8-11-21(2)26(20)28-24-14-9-17-36(33,34)19-25(24)30-22(3)27(28)29(32)35-16-15-31(4)18-23-12-6-5-7-13-23/h5-8,10-13,28,30H,9,14-19H2,1-4H3/t28-/m0/s1. The number of sulfone groups is 1. The van der Waals surface area contributed by atoms with Gasteiger partial charge >= 0.3 is 5.97 Å². The highest BCUT2D eigenvalue weighted by atomic mass is 32.2. The molecule has 1 atom stereocenters. The summed E-state index contributed by atoms with van der Waals surface area (Å²) in [6, 6.07) is 16.3. The van der Waals surface area contributed by atoms with Crippen molar-refractivity contribution in [2.45, 2.75) is 46.1 Å². The Balaban J connectivity index is 1.59. The Hall–Kier alpha value is -2.90. The molecular weight excluding hydrogens is 472 g/mol. The normalized spacial score (nSPS) is 19.5. The Kier molecular flexibility index (Phi) is 8.00. The Morgan fingerprint density at radius 1 is 1.06 bits per heavy atom. The average molecular weight is 509 g/mol. The van der Waals surface area contributed by atoms with Crippen LogP contribution in [0.15, 0.2) is 71.1 Å². The molecule has 2 heterocycles. The van der Waals surface area contributed by atoms with Crippen LogP contribution < -0.4 is 5.32 Å². The van der Waals surface area contributed by atoms with Gasteiger partial charge in [-0.15, -0.1) is 0 Å². The molecule has 6 nitrogen and oxygen atoms in total. The maximum atomic E-state index is 13.6. The molecule has 0 aromatic heterocycles. The number of carbonyl (C=O) groups is 1.